The molecule has 0 spiro atoms. The van der Waals surface area contributed by atoms with Crippen molar-refractivity contribution >= 4 is 29.2 Å². The molecular weight excluding hydrogens is 807 g/mol. The van der Waals surface area contributed by atoms with Gasteiger partial charge in [-0.1, -0.05) is 80.2 Å². The number of benzene rings is 4. The molecule has 0 saturated heterocycles. The summed E-state index contributed by atoms with van der Waals surface area (Å²) in [4.78, 5) is 2.18. The zero-order chi connectivity index (χ0) is 43.2. The first-order valence-electron chi connectivity index (χ1n) is 22.2. The summed E-state index contributed by atoms with van der Waals surface area (Å²) < 4.78 is 50.6. The lowest BCUT2D eigenvalue weighted by Crippen LogP contribution is -2.27. The number of ether oxygens (including phenoxy) is 8. The molecule has 11 heteroatoms. The first kappa shape index (κ1) is 48.2. The molecule has 0 unspecified atom stereocenters. The molecule has 8 bridgehead atoms. The maximum absolute atomic E-state index is 6.81. The molecule has 332 valence electrons. The van der Waals surface area contributed by atoms with Gasteiger partial charge < -0.3 is 42.8 Å². The van der Waals surface area contributed by atoms with E-state index in [1.54, 1.807) is 0 Å². The van der Waals surface area contributed by atoms with Gasteiger partial charge in [-0.05, 0) is 96.3 Å². The minimum absolute atomic E-state index is 0.409. The quantitative estimate of drug-likeness (QED) is 0.0348. The standard InChI is InChI=1S/C50H67NO8S2/c1-6-11-21-51(50(60)61)36-37-30-44-34-42-19-13-17-40(47(42)57-27-23-53-8-3)32-38-15-12-16-39(46(38)56-26-22-52-7-2)33-41-18-14-20-43(48(41)58-28-24-54-9-4)35-45(31-37)49(44)59-29-25-55-10-5/h12-20,30-31H,6-11,21-29,32-36H2,1-5H3,(H,60,61). The van der Waals surface area contributed by atoms with E-state index in [4.69, 9.17) is 50.1 Å². The molecule has 5 rings (SSSR count). The maximum Gasteiger partial charge on any atom is 0.133 e. The van der Waals surface area contributed by atoms with Crippen LogP contribution < -0.4 is 18.9 Å². The molecular formula is C50H67NO8S2. The van der Waals surface area contributed by atoms with Crippen molar-refractivity contribution in [1.82, 2.24) is 4.90 Å². The number of hydrogen-bond donors (Lipinski definition) is 1. The fraction of sp³-hybridized carbons (Fsp3) is 0.500. The highest BCUT2D eigenvalue weighted by molar-refractivity contribution is 8.10. The van der Waals surface area contributed by atoms with Gasteiger partial charge in [-0.25, -0.2) is 0 Å². The molecule has 0 radical (unpaired) electrons. The number of fused-ring (bicyclic) bond motifs is 8. The SMILES string of the molecule is CCCCN(Cc1cc2c(OCCOCC)c(c1)Cc1cccc(c1OCCOCC)Cc1cccc(c1OCCOCC)Cc1cccc(c1OCCOCC)C2)C(=S)S. The second-order valence-electron chi connectivity index (χ2n) is 14.9. The molecule has 0 heterocycles. The van der Waals surface area contributed by atoms with E-state index in [0.29, 0.717) is 116 Å². The second kappa shape index (κ2) is 26.6. The number of para-hydroxylation sites is 3. The highest BCUT2D eigenvalue weighted by Gasteiger charge is 2.23. The monoisotopic (exact) mass is 873 g/mol. The Bertz CT molecular complexity index is 1850. The Balaban J connectivity index is 1.76. The minimum atomic E-state index is 0.409. The Morgan fingerprint density at radius 3 is 1.10 bits per heavy atom. The van der Waals surface area contributed by atoms with Crippen molar-refractivity contribution in [2.45, 2.75) is 79.7 Å². The van der Waals surface area contributed by atoms with Gasteiger partial charge in [-0.2, -0.15) is 0 Å². The summed E-state index contributed by atoms with van der Waals surface area (Å²) in [7, 11) is 0. The molecule has 4 aromatic carbocycles. The van der Waals surface area contributed by atoms with E-state index in [2.05, 4.69) is 91.2 Å². The van der Waals surface area contributed by atoms with Crippen molar-refractivity contribution in [1.29, 1.82) is 0 Å². The third-order valence-corrected chi connectivity index (χ3v) is 11.0. The van der Waals surface area contributed by atoms with Crippen LogP contribution in [0.1, 0.15) is 97.5 Å². The van der Waals surface area contributed by atoms with E-state index in [-0.39, 0.29) is 0 Å². The van der Waals surface area contributed by atoms with Crippen LogP contribution in [0.3, 0.4) is 0 Å². The van der Waals surface area contributed by atoms with Crippen molar-refractivity contribution < 1.29 is 37.9 Å². The Morgan fingerprint density at radius 1 is 0.492 bits per heavy atom. The molecule has 9 nitrogen and oxygen atoms in total. The van der Waals surface area contributed by atoms with Crippen molar-refractivity contribution in [3.05, 3.63) is 117 Å². The lowest BCUT2D eigenvalue weighted by Gasteiger charge is -2.26. The van der Waals surface area contributed by atoms with Crippen LogP contribution in [0.25, 0.3) is 0 Å². The highest BCUT2D eigenvalue weighted by atomic mass is 32.1. The molecule has 0 fully saturated rings. The molecule has 0 aliphatic heterocycles. The summed E-state index contributed by atoms with van der Waals surface area (Å²) in [5.74, 6) is 3.41. The van der Waals surface area contributed by atoms with E-state index in [0.717, 1.165) is 92.5 Å². The van der Waals surface area contributed by atoms with Crippen LogP contribution in [0.5, 0.6) is 23.0 Å². The van der Waals surface area contributed by atoms with Crippen LogP contribution in [0.15, 0.2) is 66.7 Å². The molecule has 0 N–H and O–H groups in total. The van der Waals surface area contributed by atoms with Crippen LogP contribution in [-0.4, -0.2) is 95.0 Å². The lowest BCUT2D eigenvalue weighted by molar-refractivity contribution is 0.108. The lowest BCUT2D eigenvalue weighted by atomic mass is 9.90. The number of thiocarbonyl (C=S) groups is 1. The van der Waals surface area contributed by atoms with Crippen LogP contribution in [0.4, 0.5) is 0 Å². The number of thiol groups is 1. The van der Waals surface area contributed by atoms with Gasteiger partial charge in [-0.3, -0.25) is 0 Å². The first-order chi connectivity index (χ1) is 29.9. The summed E-state index contributed by atoms with van der Waals surface area (Å²) in [6.45, 7) is 17.8. The van der Waals surface area contributed by atoms with Crippen LogP contribution in [-0.2, 0) is 51.2 Å². The van der Waals surface area contributed by atoms with E-state index in [1.165, 1.54) is 0 Å². The van der Waals surface area contributed by atoms with Crippen molar-refractivity contribution in [3.8, 4) is 23.0 Å². The molecule has 1 aliphatic carbocycles. The largest absolute Gasteiger partial charge is 0.491 e. The fourth-order valence-corrected chi connectivity index (χ4v) is 8.02. The predicted octanol–water partition coefficient (Wildman–Crippen LogP) is 9.84. The zero-order valence-electron chi connectivity index (χ0n) is 37.1. The van der Waals surface area contributed by atoms with Crippen molar-refractivity contribution in [2.75, 3.05) is 85.8 Å². The molecule has 4 aromatic rings. The Hall–Kier alpha value is -3.84. The second-order valence-corrected chi connectivity index (χ2v) is 16.0. The van der Waals surface area contributed by atoms with E-state index >= 15 is 0 Å². The summed E-state index contributed by atoms with van der Waals surface area (Å²) in [5.41, 5.74) is 9.63. The Kier molecular flexibility index (Phi) is 21.0. The van der Waals surface area contributed by atoms with Gasteiger partial charge in [0.25, 0.3) is 0 Å². The van der Waals surface area contributed by atoms with Crippen LogP contribution in [0, 0.1) is 0 Å². The van der Waals surface area contributed by atoms with Gasteiger partial charge in [0, 0.05) is 65.2 Å². The average molecular weight is 874 g/mol. The highest BCUT2D eigenvalue weighted by Crippen LogP contribution is 2.39. The summed E-state index contributed by atoms with van der Waals surface area (Å²) in [6, 6.07) is 23.9. The number of rotatable bonds is 25. The molecule has 1 aliphatic rings. The predicted molar refractivity (Wildman–Crippen MR) is 252 cm³/mol. The van der Waals surface area contributed by atoms with Crippen LogP contribution >= 0.6 is 24.8 Å². The third-order valence-electron chi connectivity index (χ3n) is 10.5. The number of hydrogen-bond acceptors (Lipinski definition) is 9. The normalized spacial score (nSPS) is 12.2. The van der Waals surface area contributed by atoms with Gasteiger partial charge in [-0.15, -0.1) is 12.6 Å². The summed E-state index contributed by atoms with van der Waals surface area (Å²) in [6.07, 6.45) is 4.41. The maximum atomic E-state index is 6.81. The van der Waals surface area contributed by atoms with Gasteiger partial charge in [0.2, 0.25) is 0 Å². The molecule has 61 heavy (non-hydrogen) atoms. The van der Waals surface area contributed by atoms with Crippen molar-refractivity contribution in [2.24, 2.45) is 0 Å². The topological polar surface area (TPSA) is 77.1 Å². The van der Waals surface area contributed by atoms with Gasteiger partial charge in [0.15, 0.2) is 0 Å². The molecule has 0 aromatic heterocycles. The Morgan fingerprint density at radius 2 is 0.803 bits per heavy atom. The summed E-state index contributed by atoms with van der Waals surface area (Å²) in [5, 5.41) is 0. The van der Waals surface area contributed by atoms with E-state index < -0.39 is 0 Å². The average Bonchev–Trinajstić information content (AvgIpc) is 3.25. The smallest absolute Gasteiger partial charge is 0.133 e. The number of unbranched alkanes of at least 4 members (excludes halogenated alkanes) is 1. The molecule has 0 amide bonds. The van der Waals surface area contributed by atoms with Gasteiger partial charge in [0.05, 0.1) is 26.4 Å². The van der Waals surface area contributed by atoms with Crippen LogP contribution in [0.2, 0.25) is 0 Å². The van der Waals surface area contributed by atoms with Gasteiger partial charge >= 0.3 is 0 Å². The molecule has 0 saturated carbocycles. The van der Waals surface area contributed by atoms with E-state index in [9.17, 15) is 0 Å². The fourth-order valence-electron chi connectivity index (χ4n) is 7.69. The minimum Gasteiger partial charge on any atom is -0.491 e. The summed E-state index contributed by atoms with van der Waals surface area (Å²) >= 11 is 10.4. The Labute approximate surface area is 375 Å². The third kappa shape index (κ3) is 14.6. The first-order valence-corrected chi connectivity index (χ1v) is 23.0. The van der Waals surface area contributed by atoms with E-state index in [1.807, 2.05) is 27.7 Å². The molecule has 0 atom stereocenters. The van der Waals surface area contributed by atoms with Gasteiger partial charge in [0.1, 0.15) is 53.7 Å². The van der Waals surface area contributed by atoms with Crippen molar-refractivity contribution in [3.63, 3.8) is 0 Å². The zero-order valence-corrected chi connectivity index (χ0v) is 38.8. The number of nitrogens with zero attached hydrogens (tertiary/aromatic N) is 1.